The number of rotatable bonds is 4. The number of para-hydroxylation sites is 2. The smallest absolute Gasteiger partial charge is 0.140 e. The maximum atomic E-state index is 4.64. The zero-order chi connectivity index (χ0) is 15.8. The highest BCUT2D eigenvalue weighted by atomic mass is 32.1. The molecule has 1 aromatic carbocycles. The number of benzene rings is 1. The summed E-state index contributed by atoms with van der Waals surface area (Å²) in [6, 6.07) is 10.3. The number of aromatic amines is 1. The Balaban J connectivity index is 1.68. The number of fused-ring (bicyclic) bond motifs is 2. The number of aromatic nitrogens is 4. The van der Waals surface area contributed by atoms with Gasteiger partial charge in [0.05, 0.1) is 23.0 Å². The van der Waals surface area contributed by atoms with Crippen LogP contribution in [0.2, 0.25) is 0 Å². The minimum absolute atomic E-state index is 0.679. The third kappa shape index (κ3) is 2.55. The highest BCUT2D eigenvalue weighted by molar-refractivity contribution is 7.18. The third-order valence-corrected chi connectivity index (χ3v) is 5.08. The van der Waals surface area contributed by atoms with Crippen molar-refractivity contribution in [3.63, 3.8) is 0 Å². The third-order valence-electron chi connectivity index (χ3n) is 3.89. The van der Waals surface area contributed by atoms with Crippen LogP contribution in [0.1, 0.15) is 17.6 Å². The van der Waals surface area contributed by atoms with E-state index in [0.29, 0.717) is 6.54 Å². The first-order valence-electron chi connectivity index (χ1n) is 7.63. The molecular formula is C17H17N5S. The lowest BCUT2D eigenvalue weighted by molar-refractivity contribution is 0.850. The van der Waals surface area contributed by atoms with Gasteiger partial charge in [-0.05, 0) is 24.6 Å². The molecule has 0 atom stereocenters. The van der Waals surface area contributed by atoms with E-state index in [2.05, 4.69) is 37.8 Å². The predicted molar refractivity (Wildman–Crippen MR) is 95.0 cm³/mol. The van der Waals surface area contributed by atoms with Crippen molar-refractivity contribution in [1.29, 1.82) is 0 Å². The number of imidazole rings is 1. The van der Waals surface area contributed by atoms with Gasteiger partial charge >= 0.3 is 0 Å². The number of anilines is 1. The van der Waals surface area contributed by atoms with E-state index < -0.39 is 0 Å². The summed E-state index contributed by atoms with van der Waals surface area (Å²) in [5, 5.41) is 1.12. The van der Waals surface area contributed by atoms with E-state index in [9.17, 15) is 0 Å². The lowest BCUT2D eigenvalue weighted by Gasteiger charge is -2.17. The maximum Gasteiger partial charge on any atom is 0.140 e. The molecule has 0 radical (unpaired) electrons. The minimum Gasteiger partial charge on any atom is -0.352 e. The first kappa shape index (κ1) is 14.1. The Bertz CT molecular complexity index is 938. The van der Waals surface area contributed by atoms with Gasteiger partial charge in [0.1, 0.15) is 22.8 Å². The van der Waals surface area contributed by atoms with Crippen LogP contribution in [-0.4, -0.2) is 27.0 Å². The summed E-state index contributed by atoms with van der Waals surface area (Å²) < 4.78 is 0. The Labute approximate surface area is 138 Å². The van der Waals surface area contributed by atoms with E-state index >= 15 is 0 Å². The predicted octanol–water partition coefficient (Wildman–Crippen LogP) is 3.77. The Kier molecular flexibility index (Phi) is 3.46. The average molecular weight is 323 g/mol. The molecule has 6 heteroatoms. The fourth-order valence-corrected chi connectivity index (χ4v) is 3.68. The van der Waals surface area contributed by atoms with Gasteiger partial charge in [-0.3, -0.25) is 0 Å². The Morgan fingerprint density at radius 1 is 1.22 bits per heavy atom. The second-order valence-corrected chi connectivity index (χ2v) is 6.65. The maximum absolute atomic E-state index is 4.64. The highest BCUT2D eigenvalue weighted by Crippen LogP contribution is 2.30. The Morgan fingerprint density at radius 2 is 2.09 bits per heavy atom. The first-order chi connectivity index (χ1) is 11.2. The van der Waals surface area contributed by atoms with Gasteiger partial charge < -0.3 is 9.88 Å². The van der Waals surface area contributed by atoms with Crippen LogP contribution < -0.4 is 4.90 Å². The second-order valence-electron chi connectivity index (χ2n) is 5.54. The van der Waals surface area contributed by atoms with Gasteiger partial charge in [-0.1, -0.05) is 19.1 Å². The topological polar surface area (TPSA) is 57.7 Å². The molecule has 5 nitrogen and oxygen atoms in total. The molecule has 0 amide bonds. The zero-order valence-electron chi connectivity index (χ0n) is 13.1. The van der Waals surface area contributed by atoms with Crippen LogP contribution in [0.3, 0.4) is 0 Å². The fraction of sp³-hybridized carbons (Fsp3) is 0.235. The molecule has 3 heterocycles. The number of thiophene rings is 1. The van der Waals surface area contributed by atoms with Crippen molar-refractivity contribution in [2.75, 3.05) is 11.9 Å². The van der Waals surface area contributed by atoms with Crippen LogP contribution in [0.4, 0.5) is 5.82 Å². The van der Waals surface area contributed by atoms with Crippen LogP contribution in [0.25, 0.3) is 21.3 Å². The SMILES string of the molecule is CCc1cc2c(N(C)Cc3nc4ccccc4[nH]3)ncnc2s1. The monoisotopic (exact) mass is 323 g/mol. The van der Waals surface area contributed by atoms with E-state index in [-0.39, 0.29) is 0 Å². The van der Waals surface area contributed by atoms with E-state index in [1.165, 1.54) is 4.88 Å². The zero-order valence-corrected chi connectivity index (χ0v) is 13.9. The van der Waals surface area contributed by atoms with E-state index in [1.807, 2.05) is 31.3 Å². The van der Waals surface area contributed by atoms with Crippen molar-refractivity contribution < 1.29 is 0 Å². The first-order valence-corrected chi connectivity index (χ1v) is 8.44. The number of hydrogen-bond donors (Lipinski definition) is 1. The number of hydrogen-bond acceptors (Lipinski definition) is 5. The summed E-state index contributed by atoms with van der Waals surface area (Å²) >= 11 is 1.74. The van der Waals surface area contributed by atoms with Gasteiger partial charge in [-0.15, -0.1) is 11.3 Å². The summed E-state index contributed by atoms with van der Waals surface area (Å²) in [4.78, 5) is 21.4. The van der Waals surface area contributed by atoms with Crippen molar-refractivity contribution in [2.24, 2.45) is 0 Å². The van der Waals surface area contributed by atoms with Crippen molar-refractivity contribution in [1.82, 2.24) is 19.9 Å². The van der Waals surface area contributed by atoms with Crippen molar-refractivity contribution in [3.05, 3.63) is 47.4 Å². The standard InChI is InChI=1S/C17H17N5S/c1-3-11-8-12-16(18-10-19-17(12)23-11)22(2)9-15-20-13-6-4-5-7-14(13)21-15/h4-8,10H,3,9H2,1-2H3,(H,20,21). The van der Waals surface area contributed by atoms with E-state index in [4.69, 9.17) is 0 Å². The molecule has 116 valence electrons. The van der Waals surface area contributed by atoms with Crippen molar-refractivity contribution >= 4 is 38.4 Å². The molecule has 1 N–H and O–H groups in total. The summed E-state index contributed by atoms with van der Waals surface area (Å²) in [6.45, 7) is 2.84. The van der Waals surface area contributed by atoms with E-state index in [0.717, 1.165) is 39.3 Å². The van der Waals surface area contributed by atoms with Gasteiger partial charge in [-0.25, -0.2) is 15.0 Å². The van der Waals surface area contributed by atoms with Crippen molar-refractivity contribution in [2.45, 2.75) is 19.9 Å². The highest BCUT2D eigenvalue weighted by Gasteiger charge is 2.13. The summed E-state index contributed by atoms with van der Waals surface area (Å²) in [7, 11) is 2.04. The quantitative estimate of drug-likeness (QED) is 0.621. The molecule has 0 aliphatic rings. The van der Waals surface area contributed by atoms with Crippen molar-refractivity contribution in [3.8, 4) is 0 Å². The molecule has 0 bridgehead atoms. The molecule has 0 aliphatic heterocycles. The molecule has 23 heavy (non-hydrogen) atoms. The summed E-state index contributed by atoms with van der Waals surface area (Å²) in [6.07, 6.45) is 2.66. The minimum atomic E-state index is 0.679. The number of H-pyrrole nitrogens is 1. The lowest BCUT2D eigenvalue weighted by atomic mass is 10.3. The molecule has 0 saturated carbocycles. The van der Waals surface area contributed by atoms with Crippen LogP contribution in [0.15, 0.2) is 36.7 Å². The largest absolute Gasteiger partial charge is 0.352 e. The molecule has 0 fully saturated rings. The van der Waals surface area contributed by atoms with Gasteiger partial charge in [-0.2, -0.15) is 0 Å². The summed E-state index contributed by atoms with van der Waals surface area (Å²) in [5.74, 6) is 1.89. The fourth-order valence-electron chi connectivity index (χ4n) is 2.75. The van der Waals surface area contributed by atoms with Gasteiger partial charge in [0.2, 0.25) is 0 Å². The lowest BCUT2D eigenvalue weighted by Crippen LogP contribution is -2.18. The number of nitrogens with zero attached hydrogens (tertiary/aromatic N) is 4. The normalized spacial score (nSPS) is 11.4. The Hall–Kier alpha value is -2.47. The Morgan fingerprint density at radius 3 is 2.91 bits per heavy atom. The number of nitrogens with one attached hydrogen (secondary N) is 1. The molecular weight excluding hydrogens is 306 g/mol. The van der Waals surface area contributed by atoms with Gasteiger partial charge in [0.25, 0.3) is 0 Å². The molecule has 4 aromatic rings. The molecule has 0 saturated heterocycles. The van der Waals surface area contributed by atoms with Crippen LogP contribution in [0, 0.1) is 0 Å². The van der Waals surface area contributed by atoms with Crippen LogP contribution >= 0.6 is 11.3 Å². The molecule has 3 aromatic heterocycles. The van der Waals surface area contributed by atoms with Crippen LogP contribution in [0.5, 0.6) is 0 Å². The van der Waals surface area contributed by atoms with Gasteiger partial charge in [0.15, 0.2) is 0 Å². The molecule has 4 rings (SSSR count). The second kappa shape index (κ2) is 5.62. The molecule has 0 spiro atoms. The number of aryl methyl sites for hydroxylation is 1. The van der Waals surface area contributed by atoms with Gasteiger partial charge in [0, 0.05) is 11.9 Å². The van der Waals surface area contributed by atoms with E-state index in [1.54, 1.807) is 17.7 Å². The van der Waals surface area contributed by atoms with Crippen LogP contribution in [-0.2, 0) is 13.0 Å². The average Bonchev–Trinajstić information content (AvgIpc) is 3.16. The summed E-state index contributed by atoms with van der Waals surface area (Å²) in [5.41, 5.74) is 2.06. The molecule has 0 aliphatic carbocycles. The molecule has 0 unspecified atom stereocenters.